The number of methoxy groups -OCH3 is 1. The van der Waals surface area contributed by atoms with Gasteiger partial charge in [0.2, 0.25) is 0 Å². The molecule has 0 amide bonds. The van der Waals surface area contributed by atoms with Gasteiger partial charge in [0.25, 0.3) is 0 Å². The number of fused-ring (bicyclic) bond motifs is 3. The molecule has 0 aliphatic carbocycles. The van der Waals surface area contributed by atoms with Gasteiger partial charge in [0.1, 0.15) is 11.6 Å². The molecule has 0 spiro atoms. The van der Waals surface area contributed by atoms with Gasteiger partial charge < -0.3 is 14.2 Å². The maximum atomic E-state index is 13.7. The number of aromatic nitrogens is 2. The normalized spacial score (nSPS) is 14.1. The van der Waals surface area contributed by atoms with Gasteiger partial charge in [-0.3, -0.25) is 4.98 Å². The Kier molecular flexibility index (Phi) is 3.22. The summed E-state index contributed by atoms with van der Waals surface area (Å²) in [5.41, 5.74) is 4.61. The molecule has 5 heteroatoms. The predicted octanol–water partition coefficient (Wildman–Crippen LogP) is 3.28. The van der Waals surface area contributed by atoms with Gasteiger partial charge in [-0.25, -0.2) is 4.39 Å². The Morgan fingerprint density at radius 3 is 2.91 bits per heavy atom. The lowest BCUT2D eigenvalue weighted by atomic mass is 10.0. The fraction of sp³-hybridized carbons (Fsp3) is 0.278. The maximum absolute atomic E-state index is 13.7. The van der Waals surface area contributed by atoms with Crippen LogP contribution in [0.5, 0.6) is 5.75 Å². The first-order valence-corrected chi connectivity index (χ1v) is 7.67. The van der Waals surface area contributed by atoms with E-state index < -0.39 is 0 Å². The Balaban J connectivity index is 1.78. The van der Waals surface area contributed by atoms with Crippen molar-refractivity contribution in [2.45, 2.75) is 13.0 Å². The summed E-state index contributed by atoms with van der Waals surface area (Å²) in [5, 5.41) is 1.00. The van der Waals surface area contributed by atoms with Crippen molar-refractivity contribution in [2.75, 3.05) is 18.6 Å². The van der Waals surface area contributed by atoms with Crippen LogP contribution in [0, 0.1) is 5.82 Å². The Morgan fingerprint density at radius 2 is 2.09 bits per heavy atom. The number of hydrogen-bond donors (Lipinski definition) is 0. The number of nitrogens with zero attached hydrogens (tertiary/aromatic N) is 3. The van der Waals surface area contributed by atoms with Crippen molar-refractivity contribution >= 4 is 16.6 Å². The van der Waals surface area contributed by atoms with Gasteiger partial charge in [0.05, 0.1) is 25.2 Å². The lowest BCUT2D eigenvalue weighted by molar-refractivity contribution is 0.413. The van der Waals surface area contributed by atoms with Crippen LogP contribution in [0.3, 0.4) is 0 Å². The molecule has 23 heavy (non-hydrogen) atoms. The summed E-state index contributed by atoms with van der Waals surface area (Å²) < 4.78 is 21.1. The van der Waals surface area contributed by atoms with Gasteiger partial charge in [0, 0.05) is 54.8 Å². The molecule has 1 aliphatic heterocycles. The first kappa shape index (κ1) is 14.1. The third-order valence-electron chi connectivity index (χ3n) is 4.67. The molecule has 0 saturated heterocycles. The van der Waals surface area contributed by atoms with Crippen LogP contribution >= 0.6 is 0 Å². The van der Waals surface area contributed by atoms with Crippen LogP contribution in [0.2, 0.25) is 0 Å². The summed E-state index contributed by atoms with van der Waals surface area (Å²) in [6.45, 7) is 1.67. The van der Waals surface area contributed by atoms with Gasteiger partial charge in [-0.2, -0.15) is 0 Å². The summed E-state index contributed by atoms with van der Waals surface area (Å²) in [6.07, 6.45) is 4.48. The zero-order valence-corrected chi connectivity index (χ0v) is 13.2. The SMILES string of the molecule is COc1cncc(N2CCc3c(c4cc(F)ccc4n3C)C2)c1. The van der Waals surface area contributed by atoms with E-state index in [0.29, 0.717) is 0 Å². The van der Waals surface area contributed by atoms with Crippen LogP contribution in [0.15, 0.2) is 36.7 Å². The molecule has 0 N–H and O–H groups in total. The molecule has 3 heterocycles. The summed E-state index contributed by atoms with van der Waals surface area (Å²) in [4.78, 5) is 6.50. The van der Waals surface area contributed by atoms with Crippen molar-refractivity contribution < 1.29 is 9.13 Å². The zero-order chi connectivity index (χ0) is 16.0. The summed E-state index contributed by atoms with van der Waals surface area (Å²) in [6, 6.07) is 7.02. The Hall–Kier alpha value is -2.56. The predicted molar refractivity (Wildman–Crippen MR) is 88.4 cm³/mol. The standard InChI is InChI=1S/C18H18FN3O/c1-21-17-4-3-12(19)7-15(17)16-11-22(6-5-18(16)21)13-8-14(23-2)10-20-9-13/h3-4,7-10H,5-6,11H2,1-2H3. The smallest absolute Gasteiger partial charge is 0.139 e. The fourth-order valence-corrected chi connectivity index (χ4v) is 3.46. The quantitative estimate of drug-likeness (QED) is 0.727. The maximum Gasteiger partial charge on any atom is 0.139 e. The van der Waals surface area contributed by atoms with Crippen LogP contribution in [0.1, 0.15) is 11.3 Å². The van der Waals surface area contributed by atoms with E-state index in [1.807, 2.05) is 18.3 Å². The summed E-state index contributed by atoms with van der Waals surface area (Å²) in [5.74, 6) is 0.559. The van der Waals surface area contributed by atoms with Gasteiger partial charge in [-0.15, -0.1) is 0 Å². The molecule has 0 atom stereocenters. The van der Waals surface area contributed by atoms with Crippen molar-refractivity contribution in [3.63, 3.8) is 0 Å². The molecule has 0 radical (unpaired) electrons. The highest BCUT2D eigenvalue weighted by molar-refractivity contribution is 5.86. The molecular formula is C18H18FN3O. The molecule has 1 aromatic carbocycles. The minimum Gasteiger partial charge on any atom is -0.495 e. The minimum atomic E-state index is -0.189. The minimum absolute atomic E-state index is 0.189. The number of benzene rings is 1. The van der Waals surface area contributed by atoms with Crippen LogP contribution in [-0.2, 0) is 20.0 Å². The van der Waals surface area contributed by atoms with E-state index in [4.69, 9.17) is 4.74 Å². The highest BCUT2D eigenvalue weighted by Crippen LogP contribution is 2.33. The molecule has 0 fully saturated rings. The first-order valence-electron chi connectivity index (χ1n) is 7.67. The van der Waals surface area contributed by atoms with Gasteiger partial charge >= 0.3 is 0 Å². The average molecular weight is 311 g/mol. The Labute approximate surface area is 134 Å². The van der Waals surface area contributed by atoms with Crippen molar-refractivity contribution in [3.8, 4) is 5.75 Å². The Morgan fingerprint density at radius 1 is 1.22 bits per heavy atom. The summed E-state index contributed by atoms with van der Waals surface area (Å²) >= 11 is 0. The van der Waals surface area contributed by atoms with E-state index >= 15 is 0 Å². The molecule has 0 unspecified atom stereocenters. The second-order valence-electron chi connectivity index (χ2n) is 5.90. The molecule has 3 aromatic rings. The van der Waals surface area contributed by atoms with E-state index in [1.165, 1.54) is 17.3 Å². The Bertz CT molecular complexity index is 887. The van der Waals surface area contributed by atoms with Crippen LogP contribution in [-0.4, -0.2) is 23.2 Å². The van der Waals surface area contributed by atoms with Gasteiger partial charge in [0.15, 0.2) is 0 Å². The highest BCUT2D eigenvalue weighted by atomic mass is 19.1. The zero-order valence-electron chi connectivity index (χ0n) is 13.2. The second-order valence-corrected chi connectivity index (χ2v) is 5.90. The molecule has 0 saturated carbocycles. The number of hydrogen-bond acceptors (Lipinski definition) is 3. The molecular weight excluding hydrogens is 293 g/mol. The number of aryl methyl sites for hydroxylation is 1. The molecule has 4 nitrogen and oxygen atoms in total. The first-order chi connectivity index (χ1) is 11.2. The van der Waals surface area contributed by atoms with Crippen molar-refractivity contribution in [1.82, 2.24) is 9.55 Å². The third kappa shape index (κ3) is 2.23. The van der Waals surface area contributed by atoms with Crippen molar-refractivity contribution in [2.24, 2.45) is 7.05 Å². The summed E-state index contributed by atoms with van der Waals surface area (Å²) in [7, 11) is 3.70. The number of halogens is 1. The van der Waals surface area contributed by atoms with Crippen LogP contribution in [0.25, 0.3) is 10.9 Å². The van der Waals surface area contributed by atoms with E-state index in [2.05, 4.69) is 21.5 Å². The van der Waals surface area contributed by atoms with E-state index in [-0.39, 0.29) is 5.82 Å². The van der Waals surface area contributed by atoms with E-state index in [0.717, 1.165) is 41.9 Å². The molecule has 0 bridgehead atoms. The number of anilines is 1. The number of ether oxygens (including phenoxy) is 1. The van der Waals surface area contributed by atoms with E-state index in [1.54, 1.807) is 19.4 Å². The largest absolute Gasteiger partial charge is 0.495 e. The number of pyridine rings is 1. The fourth-order valence-electron chi connectivity index (χ4n) is 3.46. The van der Waals surface area contributed by atoms with Crippen LogP contribution in [0.4, 0.5) is 10.1 Å². The topological polar surface area (TPSA) is 30.3 Å². The molecule has 118 valence electrons. The monoisotopic (exact) mass is 311 g/mol. The molecule has 2 aromatic heterocycles. The van der Waals surface area contributed by atoms with Crippen LogP contribution < -0.4 is 9.64 Å². The second kappa shape index (κ2) is 5.26. The third-order valence-corrected chi connectivity index (χ3v) is 4.67. The lowest BCUT2D eigenvalue weighted by Gasteiger charge is -2.29. The van der Waals surface area contributed by atoms with Crippen molar-refractivity contribution in [3.05, 3.63) is 53.7 Å². The molecule has 4 rings (SSSR count). The molecule has 1 aliphatic rings. The van der Waals surface area contributed by atoms with E-state index in [9.17, 15) is 4.39 Å². The number of rotatable bonds is 2. The average Bonchev–Trinajstić information content (AvgIpc) is 2.86. The highest BCUT2D eigenvalue weighted by Gasteiger charge is 2.23. The van der Waals surface area contributed by atoms with Crippen molar-refractivity contribution in [1.29, 1.82) is 0 Å². The van der Waals surface area contributed by atoms with Gasteiger partial charge in [-0.1, -0.05) is 0 Å². The van der Waals surface area contributed by atoms with Gasteiger partial charge in [-0.05, 0) is 18.2 Å². The lowest BCUT2D eigenvalue weighted by Crippen LogP contribution is -2.30.